The lowest BCUT2D eigenvalue weighted by atomic mass is 10.1. The van der Waals surface area contributed by atoms with Crippen molar-refractivity contribution < 1.29 is 38.7 Å². The number of pyridine rings is 1. The number of aliphatic hydroxyl groups is 1. The van der Waals surface area contributed by atoms with E-state index in [9.17, 15) is 19.3 Å². The molecule has 1 atom stereocenters. The van der Waals surface area contributed by atoms with Crippen molar-refractivity contribution in [2.75, 3.05) is 6.61 Å². The van der Waals surface area contributed by atoms with Crippen LogP contribution in [-0.4, -0.2) is 55.7 Å². The first-order valence-corrected chi connectivity index (χ1v) is 8.66. The van der Waals surface area contributed by atoms with E-state index >= 15 is 0 Å². The van der Waals surface area contributed by atoms with Crippen molar-refractivity contribution in [1.29, 1.82) is 0 Å². The molecule has 0 aliphatic heterocycles. The Labute approximate surface area is 148 Å². The Morgan fingerprint density at radius 3 is 2.65 bits per heavy atom. The van der Waals surface area contributed by atoms with Gasteiger partial charge in [0.25, 0.3) is 5.91 Å². The summed E-state index contributed by atoms with van der Waals surface area (Å²) in [5, 5.41) is 24.9. The Kier molecular flexibility index (Phi) is 7.80. The van der Waals surface area contributed by atoms with Crippen LogP contribution in [0.25, 0.3) is 0 Å². The highest BCUT2D eigenvalue weighted by Gasteiger charge is 2.19. The Bertz CT molecular complexity index is 748. The van der Waals surface area contributed by atoms with E-state index in [2.05, 4.69) is 25.4 Å². The van der Waals surface area contributed by atoms with Gasteiger partial charge in [0.15, 0.2) is 0 Å². The summed E-state index contributed by atoms with van der Waals surface area (Å²) in [6.45, 7) is 1.44. The molecule has 26 heavy (non-hydrogen) atoms. The summed E-state index contributed by atoms with van der Waals surface area (Å²) in [6, 6.07) is -1.21. The van der Waals surface area contributed by atoms with Gasteiger partial charge >= 0.3 is 7.82 Å². The van der Waals surface area contributed by atoms with Crippen LogP contribution in [0.1, 0.15) is 23.7 Å². The minimum absolute atomic E-state index is 0.0197. The van der Waals surface area contributed by atoms with Gasteiger partial charge in [-0.05, 0) is 6.92 Å². The zero-order valence-electron chi connectivity index (χ0n) is 13.9. The molecule has 0 aromatic carbocycles. The highest BCUT2D eigenvalue weighted by atomic mass is 31.2. The van der Waals surface area contributed by atoms with Crippen LogP contribution < -0.4 is 10.7 Å². The molecule has 12 nitrogen and oxygen atoms in total. The predicted octanol–water partition coefficient (Wildman–Crippen LogP) is -1.35. The fourth-order valence-corrected chi connectivity index (χ4v) is 2.05. The van der Waals surface area contributed by atoms with Crippen LogP contribution in [0.2, 0.25) is 0 Å². The average molecular weight is 390 g/mol. The van der Waals surface area contributed by atoms with E-state index in [0.717, 1.165) is 6.21 Å². The Morgan fingerprint density at radius 2 is 2.12 bits per heavy atom. The average Bonchev–Trinajstić information content (AvgIpc) is 2.54. The zero-order chi connectivity index (χ0) is 19.9. The van der Waals surface area contributed by atoms with E-state index in [0.29, 0.717) is 0 Å². The monoisotopic (exact) mass is 390 g/mol. The van der Waals surface area contributed by atoms with Crippen molar-refractivity contribution >= 4 is 25.9 Å². The number of phosphoric ester groups is 1. The molecule has 6 N–H and O–H groups in total. The third-order valence-electron chi connectivity index (χ3n) is 2.99. The molecule has 144 valence electrons. The number of carbonyl (C=O) groups excluding carboxylic acids is 2. The summed E-state index contributed by atoms with van der Waals surface area (Å²) in [7, 11) is -4.74. The molecule has 0 spiro atoms. The van der Waals surface area contributed by atoms with Crippen molar-refractivity contribution in [1.82, 2.24) is 15.7 Å². The number of hydrogen-bond acceptors (Lipinski definition) is 8. The molecule has 1 aromatic rings. The van der Waals surface area contributed by atoms with Gasteiger partial charge in [-0.2, -0.15) is 5.10 Å². The van der Waals surface area contributed by atoms with Gasteiger partial charge in [-0.15, -0.1) is 0 Å². The van der Waals surface area contributed by atoms with Gasteiger partial charge in [0.2, 0.25) is 5.91 Å². The summed E-state index contributed by atoms with van der Waals surface area (Å²) in [5.41, 5.74) is 2.40. The number of aromatic hydroxyl groups is 1. The maximum Gasteiger partial charge on any atom is 0.469 e. The van der Waals surface area contributed by atoms with Crippen molar-refractivity contribution in [3.05, 3.63) is 23.0 Å². The first-order chi connectivity index (χ1) is 12.0. The number of amides is 2. The highest BCUT2D eigenvalue weighted by Crippen LogP contribution is 2.37. The minimum atomic E-state index is -4.74. The molecule has 0 fully saturated rings. The van der Waals surface area contributed by atoms with Crippen molar-refractivity contribution in [2.24, 2.45) is 5.10 Å². The van der Waals surface area contributed by atoms with E-state index in [1.807, 2.05) is 0 Å². The number of carbonyl (C=O) groups is 2. The van der Waals surface area contributed by atoms with Crippen LogP contribution >= 0.6 is 7.82 Å². The highest BCUT2D eigenvalue weighted by molar-refractivity contribution is 7.46. The number of hydrazone groups is 1. The van der Waals surface area contributed by atoms with E-state index in [1.165, 1.54) is 20.0 Å². The fourth-order valence-electron chi connectivity index (χ4n) is 1.74. The number of phosphoric acid groups is 1. The molecule has 0 bridgehead atoms. The topological polar surface area (TPSA) is 191 Å². The van der Waals surface area contributed by atoms with Gasteiger partial charge in [0, 0.05) is 24.2 Å². The number of aryl methyl sites for hydroxylation is 1. The number of nitrogens with zero attached hydrogens (tertiary/aromatic N) is 2. The van der Waals surface area contributed by atoms with Gasteiger partial charge in [-0.1, -0.05) is 0 Å². The Hall–Kier alpha value is -2.37. The molecule has 0 radical (unpaired) electrons. The lowest BCUT2D eigenvalue weighted by molar-refractivity contribution is -0.129. The standard InChI is InChI=1S/C13H19N4O8P/c1-7-12(20)10(9(3-14-7)6-25-26(22,23)24)4-15-17-13(21)11(5-18)16-8(2)19/h3-4,11,18,20H,5-6H2,1-2H3,(H,16,19)(H,17,21)(H2,22,23,24)/b15-4+/t11-/m1/s1. The molecule has 0 aliphatic rings. The molecule has 1 rings (SSSR count). The molecule has 2 amide bonds. The number of aliphatic hydroxyl groups excluding tert-OH is 1. The zero-order valence-corrected chi connectivity index (χ0v) is 14.8. The van der Waals surface area contributed by atoms with Crippen molar-refractivity contribution in [3.63, 3.8) is 0 Å². The number of hydrogen-bond donors (Lipinski definition) is 6. The molecule has 0 saturated carbocycles. The molecule has 13 heteroatoms. The molecule has 0 unspecified atom stereocenters. The van der Waals surface area contributed by atoms with Crippen LogP contribution in [0.5, 0.6) is 5.75 Å². The van der Waals surface area contributed by atoms with Crippen LogP contribution in [0.4, 0.5) is 0 Å². The van der Waals surface area contributed by atoms with Crippen LogP contribution in [-0.2, 0) is 25.3 Å². The SMILES string of the molecule is CC(=O)N[C@H](CO)C(=O)N/N=C/c1c(COP(=O)(O)O)cnc(C)c1O. The van der Waals surface area contributed by atoms with E-state index < -0.39 is 38.9 Å². The van der Waals surface area contributed by atoms with Gasteiger partial charge in [0.1, 0.15) is 11.8 Å². The van der Waals surface area contributed by atoms with Crippen molar-refractivity contribution in [3.8, 4) is 5.75 Å². The smallest absolute Gasteiger partial charge is 0.469 e. The molecule has 1 aromatic heterocycles. The predicted molar refractivity (Wildman–Crippen MR) is 87.9 cm³/mol. The van der Waals surface area contributed by atoms with E-state index in [4.69, 9.17) is 14.9 Å². The van der Waals surface area contributed by atoms with Crippen LogP contribution in [0.3, 0.4) is 0 Å². The number of nitrogens with one attached hydrogen (secondary N) is 2. The third kappa shape index (κ3) is 6.86. The molecule has 1 heterocycles. The first kappa shape index (κ1) is 21.7. The summed E-state index contributed by atoms with van der Waals surface area (Å²) < 4.78 is 15.2. The first-order valence-electron chi connectivity index (χ1n) is 7.13. The van der Waals surface area contributed by atoms with Gasteiger partial charge in [0.05, 0.1) is 25.1 Å². The minimum Gasteiger partial charge on any atom is -0.505 e. The van der Waals surface area contributed by atoms with E-state index in [-0.39, 0.29) is 22.6 Å². The Balaban J connectivity index is 2.94. The second-order valence-electron chi connectivity index (χ2n) is 5.07. The lowest BCUT2D eigenvalue weighted by Crippen LogP contribution is -2.47. The van der Waals surface area contributed by atoms with Gasteiger partial charge < -0.3 is 25.3 Å². The lowest BCUT2D eigenvalue weighted by Gasteiger charge is -2.13. The maximum atomic E-state index is 11.8. The fraction of sp³-hybridized carbons (Fsp3) is 0.385. The normalized spacial score (nSPS) is 12.8. The summed E-state index contributed by atoms with van der Waals surface area (Å²) in [6.07, 6.45) is 2.24. The quantitative estimate of drug-likeness (QED) is 0.177. The van der Waals surface area contributed by atoms with E-state index in [1.54, 1.807) is 0 Å². The van der Waals surface area contributed by atoms with Gasteiger partial charge in [-0.25, -0.2) is 9.99 Å². The summed E-state index contributed by atoms with van der Waals surface area (Å²) >= 11 is 0. The van der Waals surface area contributed by atoms with Crippen LogP contribution in [0.15, 0.2) is 11.3 Å². The molecular formula is C13H19N4O8P. The second-order valence-corrected chi connectivity index (χ2v) is 6.30. The number of aromatic nitrogens is 1. The summed E-state index contributed by atoms with van der Waals surface area (Å²) in [4.78, 5) is 44.1. The second kappa shape index (κ2) is 9.36. The molecule has 0 saturated heterocycles. The van der Waals surface area contributed by atoms with Crippen molar-refractivity contribution in [2.45, 2.75) is 26.5 Å². The number of rotatable bonds is 8. The molecule has 0 aliphatic carbocycles. The largest absolute Gasteiger partial charge is 0.505 e. The maximum absolute atomic E-state index is 11.8. The third-order valence-corrected chi connectivity index (χ3v) is 3.46. The summed E-state index contributed by atoms with van der Waals surface area (Å²) in [5.74, 6) is -1.66. The molecular weight excluding hydrogens is 371 g/mol. The van der Waals surface area contributed by atoms with Gasteiger partial charge in [-0.3, -0.25) is 19.1 Å². The Morgan fingerprint density at radius 1 is 1.46 bits per heavy atom. The van der Waals surface area contributed by atoms with Crippen LogP contribution in [0, 0.1) is 6.92 Å².